The van der Waals surface area contributed by atoms with Gasteiger partial charge >= 0.3 is 5.97 Å². The molecule has 2 atom stereocenters. The molecule has 2 heterocycles. The summed E-state index contributed by atoms with van der Waals surface area (Å²) in [5, 5.41) is 0. The molecule has 3 heteroatoms. The molecule has 0 radical (unpaired) electrons. The smallest absolute Gasteiger partial charge is 0.339 e. The van der Waals surface area contributed by atoms with Crippen LogP contribution < -0.4 is 0 Å². The molecule has 3 aliphatic rings. The van der Waals surface area contributed by atoms with Gasteiger partial charge in [-0.2, -0.15) is 0 Å². The molecular weight excluding hydrogens is 240 g/mol. The highest BCUT2D eigenvalue weighted by Crippen LogP contribution is 2.45. The maximum absolute atomic E-state index is 12.2. The summed E-state index contributed by atoms with van der Waals surface area (Å²) in [4.78, 5) is 12.2. The van der Waals surface area contributed by atoms with Crippen LogP contribution in [0.5, 0.6) is 0 Å². The minimum atomic E-state index is -0.178. The summed E-state index contributed by atoms with van der Waals surface area (Å²) in [6.45, 7) is 0.708. The van der Waals surface area contributed by atoms with E-state index in [1.165, 1.54) is 12.8 Å². The van der Waals surface area contributed by atoms with Crippen molar-refractivity contribution in [1.82, 2.24) is 0 Å². The van der Waals surface area contributed by atoms with Crippen molar-refractivity contribution in [3.05, 3.63) is 41.5 Å². The third-order valence-electron chi connectivity index (χ3n) is 4.23. The maximum atomic E-state index is 12.2. The normalized spacial score (nSPS) is 30.2. The molecule has 0 aromatic heterocycles. The van der Waals surface area contributed by atoms with Gasteiger partial charge in [0.2, 0.25) is 0 Å². The van der Waals surface area contributed by atoms with E-state index in [4.69, 9.17) is 9.47 Å². The molecule has 0 unspecified atom stereocenters. The second-order valence-corrected chi connectivity index (χ2v) is 5.52. The van der Waals surface area contributed by atoms with Gasteiger partial charge in [-0.3, -0.25) is 0 Å². The number of hydrogen-bond acceptors (Lipinski definition) is 3. The fraction of sp³-hybridized carbons (Fsp3) is 0.438. The van der Waals surface area contributed by atoms with E-state index in [1.807, 2.05) is 30.3 Å². The quantitative estimate of drug-likeness (QED) is 0.763. The van der Waals surface area contributed by atoms with Gasteiger partial charge in [0.15, 0.2) is 6.10 Å². The summed E-state index contributed by atoms with van der Waals surface area (Å²) in [7, 11) is 0. The van der Waals surface area contributed by atoms with Gasteiger partial charge in [0.1, 0.15) is 6.10 Å². The van der Waals surface area contributed by atoms with Crippen LogP contribution in [0.2, 0.25) is 0 Å². The first-order valence-corrected chi connectivity index (χ1v) is 6.95. The van der Waals surface area contributed by atoms with Gasteiger partial charge < -0.3 is 9.47 Å². The largest absolute Gasteiger partial charge is 0.451 e. The molecule has 0 amide bonds. The molecule has 0 N–H and O–H groups in total. The van der Waals surface area contributed by atoms with Crippen LogP contribution in [-0.4, -0.2) is 24.8 Å². The number of fused-ring (bicyclic) bond motifs is 1. The Balaban J connectivity index is 1.76. The van der Waals surface area contributed by atoms with Crippen LogP contribution in [0, 0.1) is 5.92 Å². The summed E-state index contributed by atoms with van der Waals surface area (Å²) < 4.78 is 11.4. The molecular formula is C16H16O3. The lowest BCUT2D eigenvalue weighted by Gasteiger charge is -2.29. The van der Waals surface area contributed by atoms with Gasteiger partial charge in [-0.1, -0.05) is 30.3 Å². The Morgan fingerprint density at radius 3 is 2.63 bits per heavy atom. The third-order valence-corrected chi connectivity index (χ3v) is 4.23. The maximum Gasteiger partial charge on any atom is 0.339 e. The van der Waals surface area contributed by atoms with Gasteiger partial charge in [0.05, 0.1) is 12.2 Å². The molecule has 2 aliphatic heterocycles. The Kier molecular flexibility index (Phi) is 2.49. The predicted molar refractivity (Wildman–Crippen MR) is 70.3 cm³/mol. The van der Waals surface area contributed by atoms with Gasteiger partial charge in [-0.25, -0.2) is 4.79 Å². The van der Waals surface area contributed by atoms with Crippen molar-refractivity contribution in [2.75, 3.05) is 6.61 Å². The van der Waals surface area contributed by atoms with Crippen LogP contribution in [0.15, 0.2) is 35.9 Å². The molecule has 1 saturated carbocycles. The zero-order valence-corrected chi connectivity index (χ0v) is 10.7. The molecule has 98 valence electrons. The molecule has 1 aliphatic carbocycles. The zero-order chi connectivity index (χ0) is 12.8. The monoisotopic (exact) mass is 256 g/mol. The van der Waals surface area contributed by atoms with Crippen molar-refractivity contribution in [1.29, 1.82) is 0 Å². The molecule has 4 rings (SSSR count). The molecule has 1 aromatic rings. The highest BCUT2D eigenvalue weighted by atomic mass is 16.6. The standard InChI is InChI=1S/C16H16O3/c17-16-13(10-4-2-1-3-5-10)12-8-9-18-14(11-6-7-11)15(12)19-16/h1-5,11,14-15H,6-9H2/t14-,15+/m1/s1. The average molecular weight is 256 g/mol. The van der Waals surface area contributed by atoms with E-state index in [1.54, 1.807) is 0 Å². The first kappa shape index (κ1) is 11.2. The van der Waals surface area contributed by atoms with E-state index in [0.29, 0.717) is 12.5 Å². The summed E-state index contributed by atoms with van der Waals surface area (Å²) in [5.41, 5.74) is 2.90. The Morgan fingerprint density at radius 1 is 1.11 bits per heavy atom. The number of esters is 1. The van der Waals surface area contributed by atoms with E-state index >= 15 is 0 Å². The lowest BCUT2D eigenvalue weighted by Crippen LogP contribution is -2.37. The zero-order valence-electron chi connectivity index (χ0n) is 10.7. The van der Waals surface area contributed by atoms with E-state index in [0.717, 1.165) is 23.1 Å². The van der Waals surface area contributed by atoms with Crippen LogP contribution in [0.3, 0.4) is 0 Å². The van der Waals surface area contributed by atoms with E-state index in [-0.39, 0.29) is 18.2 Å². The molecule has 19 heavy (non-hydrogen) atoms. The van der Waals surface area contributed by atoms with Crippen molar-refractivity contribution < 1.29 is 14.3 Å². The average Bonchev–Trinajstić information content (AvgIpc) is 3.21. The van der Waals surface area contributed by atoms with Gasteiger partial charge in [0.25, 0.3) is 0 Å². The van der Waals surface area contributed by atoms with Crippen LogP contribution in [0.4, 0.5) is 0 Å². The van der Waals surface area contributed by atoms with Crippen molar-refractivity contribution in [2.45, 2.75) is 31.5 Å². The highest BCUT2D eigenvalue weighted by Gasteiger charge is 2.48. The molecule has 2 fully saturated rings. The van der Waals surface area contributed by atoms with E-state index in [9.17, 15) is 4.79 Å². The highest BCUT2D eigenvalue weighted by molar-refractivity contribution is 6.19. The van der Waals surface area contributed by atoms with Gasteiger partial charge in [-0.05, 0) is 36.3 Å². The summed E-state index contributed by atoms with van der Waals surface area (Å²) in [6, 6.07) is 9.84. The number of benzene rings is 1. The van der Waals surface area contributed by atoms with Crippen molar-refractivity contribution >= 4 is 11.5 Å². The predicted octanol–water partition coefficient (Wildman–Crippen LogP) is 2.56. The fourth-order valence-electron chi connectivity index (χ4n) is 3.16. The van der Waals surface area contributed by atoms with Crippen LogP contribution in [0.25, 0.3) is 5.57 Å². The van der Waals surface area contributed by atoms with Crippen LogP contribution in [0.1, 0.15) is 24.8 Å². The van der Waals surface area contributed by atoms with Crippen molar-refractivity contribution in [3.8, 4) is 0 Å². The summed E-state index contributed by atoms with van der Waals surface area (Å²) in [6.07, 6.45) is 3.17. The number of hydrogen-bond donors (Lipinski definition) is 0. The van der Waals surface area contributed by atoms with Gasteiger partial charge in [0, 0.05) is 0 Å². The van der Waals surface area contributed by atoms with Gasteiger partial charge in [-0.15, -0.1) is 0 Å². The number of ether oxygens (including phenoxy) is 2. The van der Waals surface area contributed by atoms with E-state index in [2.05, 4.69) is 0 Å². The second kappa shape index (κ2) is 4.20. The number of carbonyl (C=O) groups is 1. The van der Waals surface area contributed by atoms with Crippen molar-refractivity contribution in [3.63, 3.8) is 0 Å². The summed E-state index contributed by atoms with van der Waals surface area (Å²) >= 11 is 0. The molecule has 3 nitrogen and oxygen atoms in total. The Hall–Kier alpha value is -1.61. The lowest BCUT2D eigenvalue weighted by atomic mass is 9.91. The minimum Gasteiger partial charge on any atom is -0.451 e. The first-order valence-electron chi connectivity index (χ1n) is 6.95. The third kappa shape index (κ3) is 1.80. The van der Waals surface area contributed by atoms with Crippen LogP contribution in [-0.2, 0) is 14.3 Å². The van der Waals surface area contributed by atoms with E-state index < -0.39 is 0 Å². The number of carbonyl (C=O) groups excluding carboxylic acids is 1. The Morgan fingerprint density at radius 2 is 1.89 bits per heavy atom. The lowest BCUT2D eigenvalue weighted by molar-refractivity contribution is -0.147. The second-order valence-electron chi connectivity index (χ2n) is 5.52. The molecule has 0 bridgehead atoms. The number of rotatable bonds is 2. The topological polar surface area (TPSA) is 35.5 Å². The molecule has 1 saturated heterocycles. The fourth-order valence-corrected chi connectivity index (χ4v) is 3.16. The van der Waals surface area contributed by atoms with Crippen LogP contribution >= 0.6 is 0 Å². The Labute approximate surface area is 112 Å². The molecule has 0 spiro atoms. The Bertz CT molecular complexity index is 542. The minimum absolute atomic E-state index is 0.0916. The van der Waals surface area contributed by atoms with Crippen molar-refractivity contribution in [2.24, 2.45) is 5.92 Å². The molecule has 1 aromatic carbocycles. The SMILES string of the molecule is O=C1O[C@H]2C(=C1c1ccccc1)CCO[C@@H]2C1CC1. The summed E-state index contributed by atoms with van der Waals surface area (Å²) in [5.74, 6) is 0.408. The first-order chi connectivity index (χ1) is 9.34.